The van der Waals surface area contributed by atoms with E-state index in [-0.39, 0.29) is 6.79 Å². The van der Waals surface area contributed by atoms with Gasteiger partial charge in [-0.05, 0) is 33.6 Å². The number of hydrogen-bond acceptors (Lipinski definition) is 6. The van der Waals surface area contributed by atoms with E-state index in [1.54, 1.807) is 18.4 Å². The standard InChI is InChI=1S/C13H13BrN2O3S/c1-17-3-2-15-13-16-6-11(20-13)8-4-9(14)12-10(5-8)18-7-19-12/h4-6H,2-3,7H2,1H3,(H,15,16). The van der Waals surface area contributed by atoms with Gasteiger partial charge in [0.1, 0.15) is 0 Å². The van der Waals surface area contributed by atoms with E-state index in [1.165, 1.54) is 0 Å². The Bertz CT molecular complexity index is 618. The molecule has 106 valence electrons. The summed E-state index contributed by atoms with van der Waals surface area (Å²) >= 11 is 5.10. The van der Waals surface area contributed by atoms with Gasteiger partial charge in [-0.25, -0.2) is 4.98 Å². The topological polar surface area (TPSA) is 52.6 Å². The molecule has 0 fully saturated rings. The van der Waals surface area contributed by atoms with Crippen LogP contribution in [-0.4, -0.2) is 32.0 Å². The molecule has 1 aliphatic heterocycles. The lowest BCUT2D eigenvalue weighted by Crippen LogP contribution is -2.06. The molecule has 20 heavy (non-hydrogen) atoms. The molecule has 2 aromatic rings. The first-order valence-electron chi connectivity index (χ1n) is 6.06. The molecule has 1 aromatic carbocycles. The summed E-state index contributed by atoms with van der Waals surface area (Å²) in [7, 11) is 1.68. The van der Waals surface area contributed by atoms with Crippen LogP contribution < -0.4 is 14.8 Å². The van der Waals surface area contributed by atoms with E-state index in [2.05, 4.69) is 26.2 Å². The van der Waals surface area contributed by atoms with Crippen LogP contribution in [0.4, 0.5) is 5.13 Å². The van der Waals surface area contributed by atoms with Gasteiger partial charge in [0.05, 0.1) is 16.0 Å². The lowest BCUT2D eigenvalue weighted by molar-refractivity contribution is 0.173. The van der Waals surface area contributed by atoms with Crippen molar-refractivity contribution in [2.24, 2.45) is 0 Å². The molecular weight excluding hydrogens is 344 g/mol. The van der Waals surface area contributed by atoms with Crippen molar-refractivity contribution in [3.8, 4) is 21.9 Å². The quantitative estimate of drug-likeness (QED) is 0.832. The highest BCUT2D eigenvalue weighted by Crippen LogP contribution is 2.43. The van der Waals surface area contributed by atoms with Gasteiger partial charge in [-0.3, -0.25) is 0 Å². The average Bonchev–Trinajstić information content (AvgIpc) is 3.07. The fraction of sp³-hybridized carbons (Fsp3) is 0.308. The average molecular weight is 357 g/mol. The number of thiazole rings is 1. The highest BCUT2D eigenvalue weighted by atomic mass is 79.9. The van der Waals surface area contributed by atoms with E-state index in [0.717, 1.165) is 38.1 Å². The number of aromatic nitrogens is 1. The zero-order chi connectivity index (χ0) is 13.9. The van der Waals surface area contributed by atoms with Gasteiger partial charge in [0.2, 0.25) is 6.79 Å². The number of nitrogens with one attached hydrogen (secondary N) is 1. The van der Waals surface area contributed by atoms with E-state index in [0.29, 0.717) is 6.61 Å². The van der Waals surface area contributed by atoms with Crippen molar-refractivity contribution in [3.63, 3.8) is 0 Å². The third kappa shape index (κ3) is 2.74. The predicted molar refractivity (Wildman–Crippen MR) is 81.7 cm³/mol. The van der Waals surface area contributed by atoms with E-state index >= 15 is 0 Å². The van der Waals surface area contributed by atoms with Gasteiger partial charge in [-0.2, -0.15) is 0 Å². The van der Waals surface area contributed by atoms with Gasteiger partial charge in [-0.1, -0.05) is 11.3 Å². The number of methoxy groups -OCH3 is 1. The summed E-state index contributed by atoms with van der Waals surface area (Å²) in [5.74, 6) is 1.52. The number of nitrogens with zero attached hydrogens (tertiary/aromatic N) is 1. The van der Waals surface area contributed by atoms with Crippen LogP contribution in [0.25, 0.3) is 10.4 Å². The number of anilines is 1. The summed E-state index contributed by atoms with van der Waals surface area (Å²) in [6, 6.07) is 3.99. The molecule has 0 aliphatic carbocycles. The van der Waals surface area contributed by atoms with E-state index in [9.17, 15) is 0 Å². The molecule has 0 radical (unpaired) electrons. The molecule has 2 heterocycles. The Morgan fingerprint density at radius 3 is 3.20 bits per heavy atom. The van der Waals surface area contributed by atoms with Crippen molar-refractivity contribution in [2.45, 2.75) is 0 Å². The lowest BCUT2D eigenvalue weighted by Gasteiger charge is -2.03. The second-order valence-electron chi connectivity index (χ2n) is 4.14. The molecule has 1 aliphatic rings. The number of rotatable bonds is 5. The fourth-order valence-corrected chi connectivity index (χ4v) is 3.24. The number of hydrogen-bond donors (Lipinski definition) is 1. The summed E-state index contributed by atoms with van der Waals surface area (Å²) in [6.45, 7) is 1.67. The minimum absolute atomic E-state index is 0.268. The second kappa shape index (κ2) is 5.99. The van der Waals surface area contributed by atoms with E-state index < -0.39 is 0 Å². The zero-order valence-corrected chi connectivity index (χ0v) is 13.2. The molecule has 0 amide bonds. The van der Waals surface area contributed by atoms with Crippen LogP contribution in [0.1, 0.15) is 0 Å². The molecule has 1 N–H and O–H groups in total. The summed E-state index contributed by atoms with van der Waals surface area (Å²) in [5.41, 5.74) is 1.05. The molecule has 5 nitrogen and oxygen atoms in total. The third-order valence-corrected chi connectivity index (χ3v) is 4.39. The fourth-order valence-electron chi connectivity index (χ4n) is 1.86. The molecule has 1 aromatic heterocycles. The first kappa shape index (κ1) is 13.7. The normalized spacial score (nSPS) is 12.7. The van der Waals surface area contributed by atoms with Crippen molar-refractivity contribution >= 4 is 32.4 Å². The molecule has 0 saturated heterocycles. The van der Waals surface area contributed by atoms with Gasteiger partial charge >= 0.3 is 0 Å². The SMILES string of the molecule is COCCNc1ncc(-c2cc(Br)c3c(c2)OCO3)s1. The van der Waals surface area contributed by atoms with Crippen LogP contribution >= 0.6 is 27.3 Å². The first-order valence-corrected chi connectivity index (χ1v) is 7.67. The molecule has 0 atom stereocenters. The summed E-state index contributed by atoms with van der Waals surface area (Å²) in [6.07, 6.45) is 1.85. The van der Waals surface area contributed by atoms with E-state index in [4.69, 9.17) is 14.2 Å². The van der Waals surface area contributed by atoms with E-state index in [1.807, 2.05) is 18.3 Å². The highest BCUT2D eigenvalue weighted by molar-refractivity contribution is 9.10. The summed E-state index contributed by atoms with van der Waals surface area (Å²) < 4.78 is 16.7. The monoisotopic (exact) mass is 356 g/mol. The molecule has 3 rings (SSSR count). The largest absolute Gasteiger partial charge is 0.454 e. The highest BCUT2D eigenvalue weighted by Gasteiger charge is 2.19. The molecule has 0 spiro atoms. The molecule has 0 unspecified atom stereocenters. The molecule has 7 heteroatoms. The Hall–Kier alpha value is -1.31. The van der Waals surface area contributed by atoms with Crippen LogP contribution in [0.2, 0.25) is 0 Å². The van der Waals surface area contributed by atoms with Crippen molar-refractivity contribution in [2.75, 3.05) is 32.4 Å². The number of benzene rings is 1. The summed E-state index contributed by atoms with van der Waals surface area (Å²) in [5, 5.41) is 4.10. The summed E-state index contributed by atoms with van der Waals surface area (Å²) in [4.78, 5) is 5.43. The van der Waals surface area contributed by atoms with Crippen molar-refractivity contribution in [1.82, 2.24) is 4.98 Å². The second-order valence-corrected chi connectivity index (χ2v) is 6.03. The predicted octanol–water partition coefficient (Wildman–Crippen LogP) is 3.36. The molecule has 0 saturated carbocycles. The van der Waals surface area contributed by atoms with Crippen LogP contribution in [0.15, 0.2) is 22.8 Å². The van der Waals surface area contributed by atoms with Crippen LogP contribution in [0, 0.1) is 0 Å². The minimum Gasteiger partial charge on any atom is -0.454 e. The van der Waals surface area contributed by atoms with Gasteiger partial charge in [0, 0.05) is 19.9 Å². The zero-order valence-electron chi connectivity index (χ0n) is 10.8. The van der Waals surface area contributed by atoms with Gasteiger partial charge in [0.15, 0.2) is 16.6 Å². The number of halogens is 1. The maximum Gasteiger partial charge on any atom is 0.231 e. The van der Waals surface area contributed by atoms with Crippen LogP contribution in [0.5, 0.6) is 11.5 Å². The lowest BCUT2D eigenvalue weighted by atomic mass is 10.2. The Morgan fingerprint density at radius 2 is 2.35 bits per heavy atom. The first-order chi connectivity index (χ1) is 9.78. The van der Waals surface area contributed by atoms with Crippen LogP contribution in [-0.2, 0) is 4.74 Å². The maximum absolute atomic E-state index is 5.43. The third-order valence-electron chi connectivity index (χ3n) is 2.80. The maximum atomic E-state index is 5.43. The molecular formula is C13H13BrN2O3S. The Balaban J connectivity index is 1.81. The minimum atomic E-state index is 0.268. The Morgan fingerprint density at radius 1 is 1.45 bits per heavy atom. The molecule has 0 bridgehead atoms. The van der Waals surface area contributed by atoms with Crippen molar-refractivity contribution < 1.29 is 14.2 Å². The van der Waals surface area contributed by atoms with Gasteiger partial charge < -0.3 is 19.5 Å². The van der Waals surface area contributed by atoms with Gasteiger partial charge in [0.25, 0.3) is 0 Å². The van der Waals surface area contributed by atoms with Crippen LogP contribution in [0.3, 0.4) is 0 Å². The van der Waals surface area contributed by atoms with Gasteiger partial charge in [-0.15, -0.1) is 0 Å². The number of ether oxygens (including phenoxy) is 3. The number of fused-ring (bicyclic) bond motifs is 1. The van der Waals surface area contributed by atoms with Crippen molar-refractivity contribution in [3.05, 3.63) is 22.8 Å². The van der Waals surface area contributed by atoms with Crippen molar-refractivity contribution in [1.29, 1.82) is 0 Å². The smallest absolute Gasteiger partial charge is 0.231 e. The Labute approximate surface area is 129 Å². The Kier molecular flexibility index (Phi) is 4.09.